The fraction of sp³-hybridized carbons (Fsp3) is 0. The summed E-state index contributed by atoms with van der Waals surface area (Å²) >= 11 is 0. The second-order valence-electron chi connectivity index (χ2n) is 5.51. The molecule has 0 radical (unpaired) electrons. The lowest BCUT2D eigenvalue weighted by molar-refractivity contribution is 0.0979. The average molecular weight is 300 g/mol. The number of aromatic hydroxyl groups is 1. The molecule has 3 aromatic carbocycles. The topological polar surface area (TPSA) is 54.4 Å². The highest BCUT2D eigenvalue weighted by atomic mass is 16.3. The van der Waals surface area contributed by atoms with Crippen molar-refractivity contribution in [3.05, 3.63) is 89.0 Å². The molecule has 0 aliphatic heterocycles. The van der Waals surface area contributed by atoms with E-state index in [0.29, 0.717) is 22.3 Å². The van der Waals surface area contributed by atoms with Gasteiger partial charge in [-0.05, 0) is 35.4 Å². The summed E-state index contributed by atoms with van der Waals surface area (Å²) in [7, 11) is 0. The van der Waals surface area contributed by atoms with Gasteiger partial charge in [0.05, 0.1) is 0 Å². The first kappa shape index (κ1) is 13.5. The molecule has 0 spiro atoms. The van der Waals surface area contributed by atoms with E-state index in [1.54, 1.807) is 60.7 Å². The SMILES string of the molecule is O=C1c2ccccc2C(=O)c2cc(-c3cccc(O)c3)ccc21. The number of ketones is 2. The van der Waals surface area contributed by atoms with Crippen LogP contribution in [0.4, 0.5) is 0 Å². The van der Waals surface area contributed by atoms with E-state index >= 15 is 0 Å². The number of hydrogen-bond acceptors (Lipinski definition) is 3. The number of carbonyl (C=O) groups excluding carboxylic acids is 2. The van der Waals surface area contributed by atoms with Crippen LogP contribution in [0.1, 0.15) is 31.8 Å². The Morgan fingerprint density at radius 1 is 0.565 bits per heavy atom. The molecule has 1 N–H and O–H groups in total. The number of fused-ring (bicyclic) bond motifs is 2. The summed E-state index contributed by atoms with van der Waals surface area (Å²) in [5.41, 5.74) is 3.33. The highest BCUT2D eigenvalue weighted by Crippen LogP contribution is 2.31. The van der Waals surface area contributed by atoms with Gasteiger partial charge in [-0.3, -0.25) is 9.59 Å². The zero-order chi connectivity index (χ0) is 16.0. The molecule has 0 bridgehead atoms. The maximum absolute atomic E-state index is 12.7. The van der Waals surface area contributed by atoms with Crippen LogP contribution < -0.4 is 0 Å². The molecule has 0 saturated carbocycles. The van der Waals surface area contributed by atoms with Gasteiger partial charge in [-0.25, -0.2) is 0 Å². The summed E-state index contributed by atoms with van der Waals surface area (Å²) in [6.45, 7) is 0. The Balaban J connectivity index is 1.90. The molecule has 1 aliphatic carbocycles. The first-order chi connectivity index (χ1) is 11.1. The number of benzene rings is 3. The fourth-order valence-corrected chi connectivity index (χ4v) is 2.96. The third kappa shape index (κ3) is 2.06. The van der Waals surface area contributed by atoms with Gasteiger partial charge >= 0.3 is 0 Å². The van der Waals surface area contributed by atoms with E-state index < -0.39 is 0 Å². The Morgan fingerprint density at radius 2 is 1.17 bits per heavy atom. The second-order valence-corrected chi connectivity index (χ2v) is 5.51. The molecule has 1 aliphatic rings. The highest BCUT2D eigenvalue weighted by molar-refractivity contribution is 6.28. The summed E-state index contributed by atoms with van der Waals surface area (Å²) in [6, 6.07) is 18.9. The van der Waals surface area contributed by atoms with Gasteiger partial charge in [-0.15, -0.1) is 0 Å². The number of carbonyl (C=O) groups is 2. The van der Waals surface area contributed by atoms with Crippen LogP contribution in [0, 0.1) is 0 Å². The van der Waals surface area contributed by atoms with E-state index in [1.165, 1.54) is 0 Å². The molecule has 3 aromatic rings. The smallest absolute Gasteiger partial charge is 0.194 e. The standard InChI is InChI=1S/C20H12O3/c21-14-5-3-4-12(10-14)13-8-9-17-18(11-13)20(23)16-7-2-1-6-15(16)19(17)22/h1-11,21H. The van der Waals surface area contributed by atoms with Gasteiger partial charge in [-0.2, -0.15) is 0 Å². The molecular formula is C20H12O3. The first-order valence-corrected chi connectivity index (χ1v) is 7.27. The maximum atomic E-state index is 12.7. The molecule has 0 amide bonds. The molecule has 23 heavy (non-hydrogen) atoms. The number of hydrogen-bond donors (Lipinski definition) is 1. The van der Waals surface area contributed by atoms with Crippen molar-refractivity contribution in [2.45, 2.75) is 0 Å². The molecule has 0 aromatic heterocycles. The van der Waals surface area contributed by atoms with Crippen molar-refractivity contribution < 1.29 is 14.7 Å². The van der Waals surface area contributed by atoms with E-state index in [9.17, 15) is 14.7 Å². The van der Waals surface area contributed by atoms with Gasteiger partial charge in [-0.1, -0.05) is 42.5 Å². The minimum absolute atomic E-state index is 0.127. The molecule has 0 atom stereocenters. The summed E-state index contributed by atoms with van der Waals surface area (Å²) in [6.07, 6.45) is 0. The van der Waals surface area contributed by atoms with Crippen LogP contribution in [0.25, 0.3) is 11.1 Å². The van der Waals surface area contributed by atoms with E-state index in [1.807, 2.05) is 6.07 Å². The molecule has 0 unspecified atom stereocenters. The molecule has 3 heteroatoms. The Hall–Kier alpha value is -3.20. The third-order valence-electron chi connectivity index (χ3n) is 4.10. The Labute approximate surface area is 132 Å². The lowest BCUT2D eigenvalue weighted by Crippen LogP contribution is -2.20. The van der Waals surface area contributed by atoms with Crippen molar-refractivity contribution >= 4 is 11.6 Å². The maximum Gasteiger partial charge on any atom is 0.194 e. The average Bonchev–Trinajstić information content (AvgIpc) is 2.59. The molecule has 3 nitrogen and oxygen atoms in total. The summed E-state index contributed by atoms with van der Waals surface area (Å²) < 4.78 is 0. The number of rotatable bonds is 1. The molecule has 4 rings (SSSR count). The van der Waals surface area contributed by atoms with Crippen molar-refractivity contribution in [1.29, 1.82) is 0 Å². The minimum atomic E-state index is -0.141. The van der Waals surface area contributed by atoms with Gasteiger partial charge in [0.15, 0.2) is 11.6 Å². The van der Waals surface area contributed by atoms with Crippen LogP contribution in [-0.4, -0.2) is 16.7 Å². The predicted molar refractivity (Wildman–Crippen MR) is 86.8 cm³/mol. The number of phenolic OH excluding ortho intramolecular Hbond substituents is 1. The monoisotopic (exact) mass is 300 g/mol. The van der Waals surface area contributed by atoms with Crippen LogP contribution in [0.5, 0.6) is 5.75 Å². The summed E-state index contributed by atoms with van der Waals surface area (Å²) in [5, 5.41) is 9.62. The van der Waals surface area contributed by atoms with Gasteiger partial charge in [0.2, 0.25) is 0 Å². The van der Waals surface area contributed by atoms with Crippen molar-refractivity contribution in [2.75, 3.05) is 0 Å². The third-order valence-corrected chi connectivity index (χ3v) is 4.10. The minimum Gasteiger partial charge on any atom is -0.508 e. The van der Waals surface area contributed by atoms with Gasteiger partial charge in [0.25, 0.3) is 0 Å². The van der Waals surface area contributed by atoms with E-state index in [4.69, 9.17) is 0 Å². The molecular weight excluding hydrogens is 288 g/mol. The molecule has 0 saturated heterocycles. The van der Waals surface area contributed by atoms with Gasteiger partial charge in [0.1, 0.15) is 5.75 Å². The van der Waals surface area contributed by atoms with E-state index in [0.717, 1.165) is 11.1 Å². The Kier molecular flexibility index (Phi) is 2.88. The van der Waals surface area contributed by atoms with Crippen LogP contribution >= 0.6 is 0 Å². The summed E-state index contributed by atoms with van der Waals surface area (Å²) in [5.74, 6) is -0.108. The van der Waals surface area contributed by atoms with E-state index in [2.05, 4.69) is 0 Å². The molecule has 110 valence electrons. The molecule has 0 heterocycles. The molecule has 0 fully saturated rings. The predicted octanol–water partition coefficient (Wildman–Crippen LogP) is 3.83. The van der Waals surface area contributed by atoms with Gasteiger partial charge < -0.3 is 5.11 Å². The van der Waals surface area contributed by atoms with Crippen molar-refractivity contribution in [2.24, 2.45) is 0 Å². The van der Waals surface area contributed by atoms with Crippen LogP contribution in [0.2, 0.25) is 0 Å². The summed E-state index contributed by atoms with van der Waals surface area (Å²) in [4.78, 5) is 25.3. The quantitative estimate of drug-likeness (QED) is 0.581. The second kappa shape index (κ2) is 4.92. The lowest BCUT2D eigenvalue weighted by Gasteiger charge is -2.18. The zero-order valence-electron chi connectivity index (χ0n) is 12.1. The van der Waals surface area contributed by atoms with Crippen LogP contribution in [0.3, 0.4) is 0 Å². The fourth-order valence-electron chi connectivity index (χ4n) is 2.96. The zero-order valence-corrected chi connectivity index (χ0v) is 12.1. The van der Waals surface area contributed by atoms with Gasteiger partial charge in [0, 0.05) is 22.3 Å². The lowest BCUT2D eigenvalue weighted by atomic mass is 9.83. The largest absolute Gasteiger partial charge is 0.508 e. The number of phenols is 1. The first-order valence-electron chi connectivity index (χ1n) is 7.27. The van der Waals surface area contributed by atoms with Crippen molar-refractivity contribution in [3.63, 3.8) is 0 Å². The normalized spacial score (nSPS) is 12.7. The van der Waals surface area contributed by atoms with Crippen LogP contribution in [0.15, 0.2) is 66.7 Å². The highest BCUT2D eigenvalue weighted by Gasteiger charge is 2.29. The van der Waals surface area contributed by atoms with Crippen molar-refractivity contribution in [1.82, 2.24) is 0 Å². The van der Waals surface area contributed by atoms with E-state index in [-0.39, 0.29) is 17.3 Å². The Morgan fingerprint density at radius 3 is 1.87 bits per heavy atom. The Bertz CT molecular complexity index is 970. The van der Waals surface area contributed by atoms with Crippen molar-refractivity contribution in [3.8, 4) is 16.9 Å². The van der Waals surface area contributed by atoms with Crippen LogP contribution in [-0.2, 0) is 0 Å².